The third-order valence-corrected chi connectivity index (χ3v) is 4.93. The maximum absolute atomic E-state index is 3.73. The Morgan fingerprint density at radius 1 is 1.19 bits per heavy atom. The quantitative estimate of drug-likeness (QED) is 0.534. The lowest BCUT2D eigenvalue weighted by atomic mass is 10.1. The van der Waals surface area contributed by atoms with Gasteiger partial charge < -0.3 is 5.32 Å². The van der Waals surface area contributed by atoms with Gasteiger partial charge in [-0.05, 0) is 24.5 Å². The number of rotatable bonds is 7. The molecule has 0 radical (unpaired) electrons. The molecule has 96 valence electrons. The maximum Gasteiger partial charge on any atom is 0.00673 e. The molecule has 1 nitrogen and oxygen atoms in total. The molecule has 0 aromatic rings. The molecule has 0 heterocycles. The fourth-order valence-corrected chi connectivity index (χ4v) is 3.29. The Morgan fingerprint density at radius 3 is 2.50 bits per heavy atom. The lowest BCUT2D eigenvalue weighted by molar-refractivity contribution is 0.474. The predicted octanol–water partition coefficient (Wildman–Crippen LogP) is 4.08. The van der Waals surface area contributed by atoms with Gasteiger partial charge in [0, 0.05) is 18.3 Å². The molecule has 0 amide bonds. The van der Waals surface area contributed by atoms with Crippen molar-refractivity contribution in [2.75, 3.05) is 18.1 Å². The third kappa shape index (κ3) is 6.80. The Labute approximate surface area is 106 Å². The fraction of sp³-hybridized carbons (Fsp3) is 1.00. The summed E-state index contributed by atoms with van der Waals surface area (Å²) in [6, 6.07) is 0.826. The summed E-state index contributed by atoms with van der Waals surface area (Å²) in [5, 5.41) is 3.73. The van der Waals surface area contributed by atoms with Crippen LogP contribution in [0.1, 0.15) is 58.8 Å². The normalized spacial score (nSPS) is 20.6. The standard InChI is InChI=1S/C14H29NS/c1-3-13(2)12-16-11-10-15-14-8-6-4-5-7-9-14/h13-15H,3-12H2,1-2H3. The van der Waals surface area contributed by atoms with Crippen LogP contribution in [0.2, 0.25) is 0 Å². The lowest BCUT2D eigenvalue weighted by Gasteiger charge is -2.16. The summed E-state index contributed by atoms with van der Waals surface area (Å²) in [4.78, 5) is 0. The predicted molar refractivity (Wildman–Crippen MR) is 76.3 cm³/mol. The topological polar surface area (TPSA) is 12.0 Å². The molecule has 1 atom stereocenters. The minimum Gasteiger partial charge on any atom is -0.313 e. The van der Waals surface area contributed by atoms with Gasteiger partial charge in [0.15, 0.2) is 0 Å². The molecule has 1 aliphatic carbocycles. The van der Waals surface area contributed by atoms with Crippen molar-refractivity contribution in [1.82, 2.24) is 5.32 Å². The number of hydrogen-bond acceptors (Lipinski definition) is 2. The molecule has 16 heavy (non-hydrogen) atoms. The van der Waals surface area contributed by atoms with Gasteiger partial charge >= 0.3 is 0 Å². The van der Waals surface area contributed by atoms with Gasteiger partial charge in [-0.3, -0.25) is 0 Å². The molecular formula is C14H29NS. The van der Waals surface area contributed by atoms with E-state index < -0.39 is 0 Å². The smallest absolute Gasteiger partial charge is 0.00673 e. The van der Waals surface area contributed by atoms with Crippen LogP contribution in [0.15, 0.2) is 0 Å². The van der Waals surface area contributed by atoms with Crippen molar-refractivity contribution in [2.24, 2.45) is 5.92 Å². The van der Waals surface area contributed by atoms with Gasteiger partial charge in [0.05, 0.1) is 0 Å². The average Bonchev–Trinajstić information content (AvgIpc) is 2.57. The molecule has 2 heteroatoms. The van der Waals surface area contributed by atoms with Crippen LogP contribution in [0.5, 0.6) is 0 Å². The number of hydrogen-bond donors (Lipinski definition) is 1. The first-order chi connectivity index (χ1) is 7.83. The second-order valence-corrected chi connectivity index (χ2v) is 6.38. The zero-order valence-corrected chi connectivity index (χ0v) is 12.0. The van der Waals surface area contributed by atoms with Crippen molar-refractivity contribution in [3.05, 3.63) is 0 Å². The summed E-state index contributed by atoms with van der Waals surface area (Å²) >= 11 is 2.12. The van der Waals surface area contributed by atoms with Crippen molar-refractivity contribution < 1.29 is 0 Å². The molecule has 0 aliphatic heterocycles. The first kappa shape index (κ1) is 14.4. The van der Waals surface area contributed by atoms with E-state index in [0.717, 1.165) is 12.0 Å². The van der Waals surface area contributed by atoms with E-state index >= 15 is 0 Å². The van der Waals surface area contributed by atoms with E-state index in [4.69, 9.17) is 0 Å². The zero-order chi connectivity index (χ0) is 11.6. The minimum absolute atomic E-state index is 0.826. The molecular weight excluding hydrogens is 214 g/mol. The van der Waals surface area contributed by atoms with Gasteiger partial charge in [0.2, 0.25) is 0 Å². The van der Waals surface area contributed by atoms with Crippen molar-refractivity contribution in [3.8, 4) is 0 Å². The number of thioether (sulfide) groups is 1. The van der Waals surface area contributed by atoms with Gasteiger partial charge in [-0.25, -0.2) is 0 Å². The minimum atomic E-state index is 0.826. The highest BCUT2D eigenvalue weighted by Crippen LogP contribution is 2.17. The van der Waals surface area contributed by atoms with Crippen molar-refractivity contribution >= 4 is 11.8 Å². The van der Waals surface area contributed by atoms with E-state index in [0.29, 0.717) is 0 Å². The Balaban J connectivity index is 1.93. The summed E-state index contributed by atoms with van der Waals surface area (Å²) in [7, 11) is 0. The van der Waals surface area contributed by atoms with Crippen LogP contribution < -0.4 is 5.32 Å². The molecule has 1 fully saturated rings. The summed E-state index contributed by atoms with van der Waals surface area (Å²) < 4.78 is 0. The third-order valence-electron chi connectivity index (χ3n) is 3.63. The fourth-order valence-electron chi connectivity index (χ4n) is 2.22. The monoisotopic (exact) mass is 243 g/mol. The highest BCUT2D eigenvalue weighted by Gasteiger charge is 2.10. The highest BCUT2D eigenvalue weighted by molar-refractivity contribution is 7.99. The molecule has 0 bridgehead atoms. The molecule has 1 N–H and O–H groups in total. The van der Waals surface area contributed by atoms with Gasteiger partial charge in [-0.15, -0.1) is 0 Å². The van der Waals surface area contributed by atoms with Crippen molar-refractivity contribution in [1.29, 1.82) is 0 Å². The van der Waals surface area contributed by atoms with Crippen LogP contribution in [0, 0.1) is 5.92 Å². The van der Waals surface area contributed by atoms with Crippen molar-refractivity contribution in [2.45, 2.75) is 64.8 Å². The van der Waals surface area contributed by atoms with Gasteiger partial charge in [-0.2, -0.15) is 11.8 Å². The van der Waals surface area contributed by atoms with Crippen LogP contribution in [-0.2, 0) is 0 Å². The van der Waals surface area contributed by atoms with Crippen LogP contribution in [0.4, 0.5) is 0 Å². The molecule has 0 aromatic carbocycles. The highest BCUT2D eigenvalue weighted by atomic mass is 32.2. The van der Waals surface area contributed by atoms with E-state index in [1.54, 1.807) is 0 Å². The Morgan fingerprint density at radius 2 is 1.88 bits per heavy atom. The van der Waals surface area contributed by atoms with Crippen LogP contribution in [-0.4, -0.2) is 24.1 Å². The number of nitrogens with one attached hydrogen (secondary N) is 1. The summed E-state index contributed by atoms with van der Waals surface area (Å²) in [5.41, 5.74) is 0. The average molecular weight is 243 g/mol. The van der Waals surface area contributed by atoms with E-state index in [1.807, 2.05) is 0 Å². The Kier molecular flexibility index (Phi) is 8.40. The Hall–Kier alpha value is 0.310. The molecule has 0 spiro atoms. The Bertz CT molecular complexity index is 153. The summed E-state index contributed by atoms with van der Waals surface area (Å²) in [6.07, 6.45) is 9.95. The molecule has 1 aliphatic rings. The van der Waals surface area contributed by atoms with Crippen LogP contribution in [0.3, 0.4) is 0 Å². The van der Waals surface area contributed by atoms with Gasteiger partial charge in [0.25, 0.3) is 0 Å². The van der Waals surface area contributed by atoms with Crippen LogP contribution >= 0.6 is 11.8 Å². The van der Waals surface area contributed by atoms with E-state index in [1.165, 1.54) is 63.0 Å². The second-order valence-electron chi connectivity index (χ2n) is 5.23. The largest absolute Gasteiger partial charge is 0.313 e. The first-order valence-electron chi connectivity index (χ1n) is 7.14. The first-order valence-corrected chi connectivity index (χ1v) is 8.29. The summed E-state index contributed by atoms with van der Waals surface area (Å²) in [6.45, 7) is 5.85. The van der Waals surface area contributed by atoms with E-state index in [9.17, 15) is 0 Å². The molecule has 1 rings (SSSR count). The zero-order valence-electron chi connectivity index (χ0n) is 11.1. The van der Waals surface area contributed by atoms with Crippen LogP contribution in [0.25, 0.3) is 0 Å². The van der Waals surface area contributed by atoms with E-state index in [-0.39, 0.29) is 0 Å². The molecule has 1 saturated carbocycles. The molecule has 0 aromatic heterocycles. The lowest BCUT2D eigenvalue weighted by Crippen LogP contribution is -2.30. The van der Waals surface area contributed by atoms with E-state index in [2.05, 4.69) is 30.9 Å². The SMILES string of the molecule is CCC(C)CSCCNC1CCCCCC1. The maximum atomic E-state index is 3.73. The van der Waals surface area contributed by atoms with Crippen molar-refractivity contribution in [3.63, 3.8) is 0 Å². The second kappa shape index (κ2) is 9.35. The van der Waals surface area contributed by atoms with Gasteiger partial charge in [0.1, 0.15) is 0 Å². The van der Waals surface area contributed by atoms with Gasteiger partial charge in [-0.1, -0.05) is 46.0 Å². The molecule has 1 unspecified atom stereocenters. The summed E-state index contributed by atoms with van der Waals surface area (Å²) in [5.74, 6) is 3.52. The molecule has 0 saturated heterocycles.